The van der Waals surface area contributed by atoms with Crippen molar-refractivity contribution in [2.75, 3.05) is 13.2 Å². The molecule has 92 valence electrons. The van der Waals surface area contributed by atoms with Gasteiger partial charge in [-0.3, -0.25) is 0 Å². The van der Waals surface area contributed by atoms with Crippen molar-refractivity contribution in [1.29, 1.82) is 0 Å². The zero-order valence-electron chi connectivity index (χ0n) is 10.7. The van der Waals surface area contributed by atoms with Crippen LogP contribution in [0.4, 0.5) is 0 Å². The number of hydrogen-bond acceptors (Lipinski definition) is 2. The van der Waals surface area contributed by atoms with Crippen LogP contribution in [-0.4, -0.2) is 19.5 Å². The van der Waals surface area contributed by atoms with Crippen molar-refractivity contribution in [2.45, 2.75) is 46.3 Å². The standard InChI is InChI=1S/C14H24O2/c1-4-7-15-11(2)16-10-14(3)9-12-5-6-13(14)8-12/h5-6,11-13H,4,7-10H2,1-3H3. The second-order valence-electron chi connectivity index (χ2n) is 5.59. The van der Waals surface area contributed by atoms with Crippen molar-refractivity contribution in [2.24, 2.45) is 17.3 Å². The molecular weight excluding hydrogens is 200 g/mol. The summed E-state index contributed by atoms with van der Waals surface area (Å²) in [6.07, 6.45) is 8.38. The largest absolute Gasteiger partial charge is 0.353 e. The number of fused-ring (bicyclic) bond motifs is 2. The molecule has 0 radical (unpaired) electrons. The summed E-state index contributed by atoms with van der Waals surface area (Å²) >= 11 is 0. The lowest BCUT2D eigenvalue weighted by Crippen LogP contribution is -2.30. The van der Waals surface area contributed by atoms with Gasteiger partial charge in [-0.1, -0.05) is 26.0 Å². The van der Waals surface area contributed by atoms with Crippen molar-refractivity contribution in [3.8, 4) is 0 Å². The Morgan fingerprint density at radius 2 is 2.19 bits per heavy atom. The van der Waals surface area contributed by atoms with Crippen molar-refractivity contribution in [3.63, 3.8) is 0 Å². The Kier molecular flexibility index (Phi) is 3.70. The van der Waals surface area contributed by atoms with E-state index in [4.69, 9.17) is 9.47 Å². The van der Waals surface area contributed by atoms with E-state index in [0.29, 0.717) is 5.41 Å². The number of rotatable bonds is 6. The van der Waals surface area contributed by atoms with Gasteiger partial charge in [-0.25, -0.2) is 0 Å². The van der Waals surface area contributed by atoms with Crippen LogP contribution in [0.15, 0.2) is 12.2 Å². The summed E-state index contributed by atoms with van der Waals surface area (Å²) in [5.41, 5.74) is 0.350. The van der Waals surface area contributed by atoms with E-state index in [1.165, 1.54) is 12.8 Å². The summed E-state index contributed by atoms with van der Waals surface area (Å²) in [5.74, 6) is 1.54. The van der Waals surface area contributed by atoms with Crippen LogP contribution in [0.2, 0.25) is 0 Å². The van der Waals surface area contributed by atoms with Gasteiger partial charge in [-0.2, -0.15) is 0 Å². The Bertz CT molecular complexity index is 261. The molecule has 0 saturated heterocycles. The minimum atomic E-state index is -0.0557. The second-order valence-corrected chi connectivity index (χ2v) is 5.59. The van der Waals surface area contributed by atoms with E-state index >= 15 is 0 Å². The van der Waals surface area contributed by atoms with Gasteiger partial charge in [0, 0.05) is 6.61 Å². The van der Waals surface area contributed by atoms with Gasteiger partial charge in [0.05, 0.1) is 6.61 Å². The number of ether oxygens (including phenoxy) is 2. The first-order valence-electron chi connectivity index (χ1n) is 6.55. The molecule has 0 heterocycles. The van der Waals surface area contributed by atoms with Crippen LogP contribution in [0, 0.1) is 17.3 Å². The lowest BCUT2D eigenvalue weighted by atomic mass is 9.78. The molecule has 0 aromatic rings. The highest BCUT2D eigenvalue weighted by Gasteiger charge is 2.45. The summed E-state index contributed by atoms with van der Waals surface area (Å²) < 4.78 is 11.4. The summed E-state index contributed by atoms with van der Waals surface area (Å²) in [5, 5.41) is 0. The highest BCUT2D eigenvalue weighted by atomic mass is 16.7. The summed E-state index contributed by atoms with van der Waals surface area (Å²) in [4.78, 5) is 0. The zero-order valence-corrected chi connectivity index (χ0v) is 10.7. The van der Waals surface area contributed by atoms with Crippen LogP contribution in [0.5, 0.6) is 0 Å². The van der Waals surface area contributed by atoms with Gasteiger partial charge in [0.25, 0.3) is 0 Å². The maximum Gasteiger partial charge on any atom is 0.154 e. The Balaban J connectivity index is 1.75. The van der Waals surface area contributed by atoms with Gasteiger partial charge >= 0.3 is 0 Å². The van der Waals surface area contributed by atoms with Crippen LogP contribution in [0.1, 0.15) is 40.0 Å². The van der Waals surface area contributed by atoms with Gasteiger partial charge in [0.1, 0.15) is 0 Å². The Morgan fingerprint density at radius 1 is 1.38 bits per heavy atom. The molecule has 0 aromatic carbocycles. The highest BCUT2D eigenvalue weighted by molar-refractivity contribution is 5.14. The second kappa shape index (κ2) is 4.89. The van der Waals surface area contributed by atoms with Gasteiger partial charge in [0.2, 0.25) is 0 Å². The van der Waals surface area contributed by atoms with E-state index < -0.39 is 0 Å². The quantitative estimate of drug-likeness (QED) is 0.508. The Labute approximate surface area is 99.0 Å². The van der Waals surface area contributed by atoms with Crippen molar-refractivity contribution < 1.29 is 9.47 Å². The van der Waals surface area contributed by atoms with E-state index in [1.807, 2.05) is 6.92 Å². The minimum absolute atomic E-state index is 0.0557. The maximum absolute atomic E-state index is 5.83. The molecule has 0 aromatic heterocycles. The summed E-state index contributed by atoms with van der Waals surface area (Å²) in [7, 11) is 0. The van der Waals surface area contributed by atoms with E-state index in [9.17, 15) is 0 Å². The van der Waals surface area contributed by atoms with Crippen molar-refractivity contribution in [1.82, 2.24) is 0 Å². The molecule has 2 heteroatoms. The molecule has 0 N–H and O–H groups in total. The molecule has 1 fully saturated rings. The van der Waals surface area contributed by atoms with Gasteiger partial charge in [-0.15, -0.1) is 0 Å². The van der Waals surface area contributed by atoms with Crippen molar-refractivity contribution >= 4 is 0 Å². The first-order valence-corrected chi connectivity index (χ1v) is 6.55. The van der Waals surface area contributed by atoms with Crippen molar-refractivity contribution in [3.05, 3.63) is 12.2 Å². The molecule has 2 rings (SSSR count). The SMILES string of the molecule is CCCOC(C)OCC1(C)CC2C=CC1C2. The topological polar surface area (TPSA) is 18.5 Å². The first-order chi connectivity index (χ1) is 7.64. The van der Waals surface area contributed by atoms with E-state index in [1.54, 1.807) is 0 Å². The van der Waals surface area contributed by atoms with Crippen LogP contribution in [0.3, 0.4) is 0 Å². The molecular formula is C14H24O2. The zero-order chi connectivity index (χ0) is 11.6. The molecule has 2 aliphatic rings. The summed E-state index contributed by atoms with van der Waals surface area (Å²) in [6.45, 7) is 8.11. The Hall–Kier alpha value is -0.340. The number of allylic oxidation sites excluding steroid dienone is 2. The van der Waals surface area contributed by atoms with Crippen LogP contribution < -0.4 is 0 Å². The first kappa shape index (κ1) is 12.1. The molecule has 0 amide bonds. The monoisotopic (exact) mass is 224 g/mol. The van der Waals surface area contributed by atoms with Crippen LogP contribution in [0.25, 0.3) is 0 Å². The third-order valence-corrected chi connectivity index (χ3v) is 4.00. The molecule has 2 aliphatic carbocycles. The summed E-state index contributed by atoms with van der Waals surface area (Å²) in [6, 6.07) is 0. The van der Waals surface area contributed by atoms with Gasteiger partial charge in [-0.05, 0) is 43.4 Å². The third kappa shape index (κ3) is 2.49. The van der Waals surface area contributed by atoms with Gasteiger partial charge in [0.15, 0.2) is 6.29 Å². The molecule has 1 saturated carbocycles. The van der Waals surface area contributed by atoms with E-state index in [2.05, 4.69) is 26.0 Å². The maximum atomic E-state index is 5.83. The van der Waals surface area contributed by atoms with Gasteiger partial charge < -0.3 is 9.47 Å². The molecule has 4 unspecified atom stereocenters. The predicted octanol–water partition coefficient (Wildman–Crippen LogP) is 3.38. The average Bonchev–Trinajstić information content (AvgIpc) is 2.83. The van der Waals surface area contributed by atoms with Crippen LogP contribution in [-0.2, 0) is 9.47 Å². The fourth-order valence-corrected chi connectivity index (χ4v) is 3.00. The molecule has 2 bridgehead atoms. The number of hydrogen-bond donors (Lipinski definition) is 0. The lowest BCUT2D eigenvalue weighted by molar-refractivity contribution is -0.151. The predicted molar refractivity (Wildman–Crippen MR) is 65.1 cm³/mol. The molecule has 2 nitrogen and oxygen atoms in total. The fourth-order valence-electron chi connectivity index (χ4n) is 3.00. The van der Waals surface area contributed by atoms with E-state index in [-0.39, 0.29) is 6.29 Å². The Morgan fingerprint density at radius 3 is 2.75 bits per heavy atom. The third-order valence-electron chi connectivity index (χ3n) is 4.00. The fraction of sp³-hybridized carbons (Fsp3) is 0.857. The molecule has 4 atom stereocenters. The molecule has 0 aliphatic heterocycles. The highest BCUT2D eigenvalue weighted by Crippen LogP contribution is 2.51. The minimum Gasteiger partial charge on any atom is -0.353 e. The smallest absolute Gasteiger partial charge is 0.154 e. The average molecular weight is 224 g/mol. The van der Waals surface area contributed by atoms with E-state index in [0.717, 1.165) is 31.5 Å². The molecule has 16 heavy (non-hydrogen) atoms. The molecule has 0 spiro atoms. The normalized spacial score (nSPS) is 38.2. The lowest BCUT2D eigenvalue weighted by Gasteiger charge is -2.32. The van der Waals surface area contributed by atoms with Crippen LogP contribution >= 0.6 is 0 Å².